The van der Waals surface area contributed by atoms with E-state index >= 15 is 0 Å². The van der Waals surface area contributed by atoms with Crippen LogP contribution in [0.2, 0.25) is 0 Å². The van der Waals surface area contributed by atoms with E-state index in [-0.39, 0.29) is 16.6 Å². The first-order valence-electron chi connectivity index (χ1n) is 7.47. The second-order valence-corrected chi connectivity index (χ2v) is 6.21. The van der Waals surface area contributed by atoms with Gasteiger partial charge in [-0.15, -0.1) is 5.10 Å². The van der Waals surface area contributed by atoms with E-state index in [1.54, 1.807) is 0 Å². The quantitative estimate of drug-likeness (QED) is 0.527. The van der Waals surface area contributed by atoms with Crippen LogP contribution in [0, 0.1) is 5.82 Å². The summed E-state index contributed by atoms with van der Waals surface area (Å²) < 4.78 is 52.4. The van der Waals surface area contributed by atoms with Crippen molar-refractivity contribution in [3.05, 3.63) is 59.9 Å². The van der Waals surface area contributed by atoms with Gasteiger partial charge in [-0.3, -0.25) is 4.79 Å². The van der Waals surface area contributed by atoms with Crippen LogP contribution in [0.4, 0.5) is 23.2 Å². The zero-order chi connectivity index (χ0) is 19.4. The van der Waals surface area contributed by atoms with Crippen LogP contribution < -0.4 is 5.32 Å². The number of anilines is 1. The summed E-state index contributed by atoms with van der Waals surface area (Å²) in [5.74, 6) is -1.06. The van der Waals surface area contributed by atoms with Crippen LogP contribution in [-0.4, -0.2) is 31.9 Å². The van der Waals surface area contributed by atoms with Gasteiger partial charge >= 0.3 is 6.18 Å². The fraction of sp³-hybridized carbons (Fsp3) is 0.125. The molecular weight excluding hydrogens is 386 g/mol. The molecule has 0 aliphatic heterocycles. The molecule has 140 valence electrons. The Morgan fingerprint density at radius 2 is 1.89 bits per heavy atom. The van der Waals surface area contributed by atoms with Gasteiger partial charge in [-0.25, -0.2) is 4.39 Å². The molecule has 27 heavy (non-hydrogen) atoms. The van der Waals surface area contributed by atoms with Gasteiger partial charge < -0.3 is 5.32 Å². The van der Waals surface area contributed by atoms with Crippen molar-refractivity contribution in [1.29, 1.82) is 0 Å². The molecular formula is C16H11F4N5OS. The third-order valence-electron chi connectivity index (χ3n) is 3.32. The number of benzene rings is 2. The van der Waals surface area contributed by atoms with Gasteiger partial charge in [0, 0.05) is 5.69 Å². The molecule has 0 atom stereocenters. The van der Waals surface area contributed by atoms with E-state index in [4.69, 9.17) is 0 Å². The number of carbonyl (C=O) groups excluding carboxylic acids is 1. The molecule has 6 nitrogen and oxygen atoms in total. The summed E-state index contributed by atoms with van der Waals surface area (Å²) in [6.07, 6.45) is -4.49. The van der Waals surface area contributed by atoms with Crippen LogP contribution in [0.25, 0.3) is 5.69 Å². The third-order valence-corrected chi connectivity index (χ3v) is 4.24. The van der Waals surface area contributed by atoms with Crippen LogP contribution >= 0.6 is 11.8 Å². The molecule has 2 aromatic carbocycles. The van der Waals surface area contributed by atoms with Crippen LogP contribution in [0.5, 0.6) is 0 Å². The van der Waals surface area contributed by atoms with Gasteiger partial charge in [0.15, 0.2) is 0 Å². The number of tetrazole rings is 1. The summed E-state index contributed by atoms with van der Waals surface area (Å²) >= 11 is 0.989. The van der Waals surface area contributed by atoms with Gasteiger partial charge in [0.05, 0.1) is 17.0 Å². The third kappa shape index (κ3) is 4.82. The highest BCUT2D eigenvalue weighted by Crippen LogP contribution is 2.30. The van der Waals surface area contributed by atoms with Crippen molar-refractivity contribution in [1.82, 2.24) is 20.2 Å². The number of amides is 1. The zero-order valence-corrected chi connectivity index (χ0v) is 14.3. The van der Waals surface area contributed by atoms with Crippen molar-refractivity contribution in [2.24, 2.45) is 0 Å². The van der Waals surface area contributed by atoms with E-state index in [2.05, 4.69) is 20.8 Å². The van der Waals surface area contributed by atoms with Crippen molar-refractivity contribution >= 4 is 23.4 Å². The first-order chi connectivity index (χ1) is 12.8. The maximum Gasteiger partial charge on any atom is 0.416 e. The second kappa shape index (κ2) is 7.74. The summed E-state index contributed by atoms with van der Waals surface area (Å²) in [7, 11) is 0. The first kappa shape index (κ1) is 18.8. The van der Waals surface area contributed by atoms with E-state index in [1.165, 1.54) is 41.1 Å². The van der Waals surface area contributed by atoms with E-state index in [9.17, 15) is 22.4 Å². The molecule has 0 bridgehead atoms. The number of halogens is 4. The van der Waals surface area contributed by atoms with Crippen LogP contribution in [0.1, 0.15) is 5.56 Å². The fourth-order valence-corrected chi connectivity index (χ4v) is 2.80. The average Bonchev–Trinajstić information content (AvgIpc) is 3.09. The lowest BCUT2D eigenvalue weighted by molar-refractivity contribution is -0.137. The molecule has 0 aliphatic rings. The maximum atomic E-state index is 13.0. The number of nitrogens with one attached hydrogen (secondary N) is 1. The Morgan fingerprint density at radius 3 is 2.59 bits per heavy atom. The Hall–Kier alpha value is -2.95. The van der Waals surface area contributed by atoms with Crippen molar-refractivity contribution in [3.8, 4) is 5.69 Å². The number of nitrogens with zero attached hydrogens (tertiary/aromatic N) is 4. The zero-order valence-electron chi connectivity index (χ0n) is 13.4. The normalized spacial score (nSPS) is 11.4. The topological polar surface area (TPSA) is 72.7 Å². The molecule has 0 spiro atoms. The molecule has 11 heteroatoms. The highest BCUT2D eigenvalue weighted by molar-refractivity contribution is 7.99. The lowest BCUT2D eigenvalue weighted by atomic mass is 10.2. The highest BCUT2D eigenvalue weighted by Gasteiger charge is 2.30. The van der Waals surface area contributed by atoms with Gasteiger partial charge in [0.2, 0.25) is 11.1 Å². The summed E-state index contributed by atoms with van der Waals surface area (Å²) in [6.45, 7) is 0. The number of alkyl halides is 3. The number of thioether (sulfide) groups is 1. The second-order valence-electron chi connectivity index (χ2n) is 5.27. The molecule has 1 N–H and O–H groups in total. The van der Waals surface area contributed by atoms with Gasteiger partial charge in [-0.2, -0.15) is 17.9 Å². The van der Waals surface area contributed by atoms with Gasteiger partial charge in [0.25, 0.3) is 0 Å². The van der Waals surface area contributed by atoms with E-state index in [0.717, 1.165) is 23.9 Å². The van der Waals surface area contributed by atoms with E-state index in [0.29, 0.717) is 5.69 Å². The minimum absolute atomic E-state index is 0.0357. The summed E-state index contributed by atoms with van der Waals surface area (Å²) in [5.41, 5.74) is -0.316. The predicted octanol–water partition coefficient (Wildman–Crippen LogP) is 3.55. The Bertz CT molecular complexity index is 942. The summed E-state index contributed by atoms with van der Waals surface area (Å²) in [6, 6.07) is 9.77. The van der Waals surface area contributed by atoms with Gasteiger partial charge in [-0.1, -0.05) is 17.8 Å². The SMILES string of the molecule is O=C(CSc1nnnn1-c1ccc(F)cc1)Nc1cccc(C(F)(F)F)c1. The number of rotatable bonds is 5. The molecule has 0 saturated heterocycles. The van der Waals surface area contributed by atoms with Crippen molar-refractivity contribution < 1.29 is 22.4 Å². The number of hydrogen-bond donors (Lipinski definition) is 1. The molecule has 1 amide bonds. The van der Waals surface area contributed by atoms with Crippen LogP contribution in [0.15, 0.2) is 53.7 Å². The molecule has 3 rings (SSSR count). The number of carbonyl (C=O) groups is 1. The smallest absolute Gasteiger partial charge is 0.325 e. The molecule has 0 saturated carbocycles. The average molecular weight is 397 g/mol. The minimum atomic E-state index is -4.49. The Labute approximate surface area is 154 Å². The van der Waals surface area contributed by atoms with Crippen molar-refractivity contribution in [2.75, 3.05) is 11.1 Å². The highest BCUT2D eigenvalue weighted by atomic mass is 32.2. The van der Waals surface area contributed by atoms with E-state index in [1.807, 2.05) is 0 Å². The fourth-order valence-electron chi connectivity index (χ4n) is 2.11. The van der Waals surface area contributed by atoms with Crippen molar-refractivity contribution in [3.63, 3.8) is 0 Å². The lowest BCUT2D eigenvalue weighted by Crippen LogP contribution is -2.15. The maximum absolute atomic E-state index is 13.0. The molecule has 0 radical (unpaired) electrons. The molecule has 1 heterocycles. The molecule has 0 aliphatic carbocycles. The van der Waals surface area contributed by atoms with Crippen LogP contribution in [0.3, 0.4) is 0 Å². The van der Waals surface area contributed by atoms with E-state index < -0.39 is 23.5 Å². The largest absolute Gasteiger partial charge is 0.416 e. The predicted molar refractivity (Wildman–Crippen MR) is 89.9 cm³/mol. The summed E-state index contributed by atoms with van der Waals surface area (Å²) in [4.78, 5) is 12.0. The summed E-state index contributed by atoms with van der Waals surface area (Å²) in [5, 5.41) is 13.7. The molecule has 0 fully saturated rings. The first-order valence-corrected chi connectivity index (χ1v) is 8.46. The van der Waals surface area contributed by atoms with Gasteiger partial charge in [-0.05, 0) is 52.9 Å². The monoisotopic (exact) mass is 397 g/mol. The lowest BCUT2D eigenvalue weighted by Gasteiger charge is -2.09. The van der Waals surface area contributed by atoms with Gasteiger partial charge in [0.1, 0.15) is 5.82 Å². The molecule has 0 unspecified atom stereocenters. The Morgan fingerprint density at radius 1 is 1.15 bits per heavy atom. The Kier molecular flexibility index (Phi) is 5.40. The molecule has 1 aromatic heterocycles. The van der Waals surface area contributed by atoms with Crippen molar-refractivity contribution in [2.45, 2.75) is 11.3 Å². The standard InChI is InChI=1S/C16H11F4N5OS/c17-11-4-6-13(7-5-11)25-15(22-23-24-25)27-9-14(26)21-12-3-1-2-10(8-12)16(18,19)20/h1-8H,9H2,(H,21,26). The Balaban J connectivity index is 1.64. The minimum Gasteiger partial charge on any atom is -0.325 e. The van der Waals surface area contributed by atoms with Crippen LogP contribution in [-0.2, 0) is 11.0 Å². The number of hydrogen-bond acceptors (Lipinski definition) is 5. The number of aromatic nitrogens is 4. The molecule has 3 aromatic rings.